The molecule has 1 aliphatic heterocycles. The molecule has 4 heteroatoms. The third kappa shape index (κ3) is 2.82. The van der Waals surface area contributed by atoms with Crippen molar-refractivity contribution in [3.05, 3.63) is 29.8 Å². The molecule has 1 amide bonds. The molecule has 0 bridgehead atoms. The second-order valence-electron chi connectivity index (χ2n) is 4.94. The fraction of sp³-hybridized carbons (Fsp3) is 0.500. The molecular formula is C14H20N2O2. The van der Waals surface area contributed by atoms with E-state index >= 15 is 0 Å². The maximum absolute atomic E-state index is 11.8. The number of nitrogens with two attached hydrogens (primary N) is 1. The van der Waals surface area contributed by atoms with E-state index in [2.05, 4.69) is 0 Å². The van der Waals surface area contributed by atoms with Crippen LogP contribution in [0, 0.1) is 0 Å². The summed E-state index contributed by atoms with van der Waals surface area (Å²) in [5.41, 5.74) is 6.88. The maximum Gasteiger partial charge on any atom is 0.263 e. The molecule has 0 radical (unpaired) electrons. The van der Waals surface area contributed by atoms with Gasteiger partial charge in [-0.2, -0.15) is 0 Å². The zero-order valence-corrected chi connectivity index (χ0v) is 10.9. The molecular weight excluding hydrogens is 228 g/mol. The predicted molar refractivity (Wildman–Crippen MR) is 70.5 cm³/mol. The van der Waals surface area contributed by atoms with Gasteiger partial charge in [0, 0.05) is 26.1 Å². The fourth-order valence-electron chi connectivity index (χ4n) is 2.19. The van der Waals surface area contributed by atoms with Crippen molar-refractivity contribution in [1.29, 1.82) is 0 Å². The van der Waals surface area contributed by atoms with E-state index in [4.69, 9.17) is 10.5 Å². The first-order valence-electron chi connectivity index (χ1n) is 6.33. The summed E-state index contributed by atoms with van der Waals surface area (Å²) in [5, 5.41) is 0. The molecule has 2 atom stereocenters. The molecule has 1 fully saturated rings. The van der Waals surface area contributed by atoms with E-state index in [1.807, 2.05) is 31.2 Å². The Hall–Kier alpha value is -1.55. The topological polar surface area (TPSA) is 55.6 Å². The summed E-state index contributed by atoms with van der Waals surface area (Å²) in [6.45, 7) is 2.73. The van der Waals surface area contributed by atoms with Crippen LogP contribution in [0.1, 0.15) is 18.9 Å². The number of rotatable bonds is 4. The van der Waals surface area contributed by atoms with Crippen molar-refractivity contribution < 1.29 is 9.53 Å². The number of nitrogens with zero attached hydrogens (tertiary/aromatic N) is 1. The van der Waals surface area contributed by atoms with Crippen LogP contribution in [0.2, 0.25) is 0 Å². The third-order valence-electron chi connectivity index (χ3n) is 3.16. The fourth-order valence-corrected chi connectivity index (χ4v) is 2.19. The summed E-state index contributed by atoms with van der Waals surface area (Å²) in [6.07, 6.45) is 1.17. The monoisotopic (exact) mass is 248 g/mol. The molecule has 18 heavy (non-hydrogen) atoms. The second kappa shape index (κ2) is 5.40. The van der Waals surface area contributed by atoms with Crippen LogP contribution in [0.15, 0.2) is 24.3 Å². The van der Waals surface area contributed by atoms with E-state index in [0.717, 1.165) is 30.7 Å². The Bertz CT molecular complexity index is 432. The Morgan fingerprint density at radius 2 is 2.22 bits per heavy atom. The van der Waals surface area contributed by atoms with Crippen LogP contribution in [0.3, 0.4) is 0 Å². The van der Waals surface area contributed by atoms with Gasteiger partial charge in [0.2, 0.25) is 0 Å². The van der Waals surface area contributed by atoms with Crippen LogP contribution in [0.4, 0.5) is 0 Å². The molecule has 0 aliphatic carbocycles. The first-order chi connectivity index (χ1) is 8.58. The minimum absolute atomic E-state index is 0.0607. The predicted octanol–water partition coefficient (Wildman–Crippen LogP) is 1.19. The van der Waals surface area contributed by atoms with Crippen LogP contribution in [-0.2, 0) is 11.2 Å². The van der Waals surface area contributed by atoms with Crippen molar-refractivity contribution in [3.8, 4) is 5.75 Å². The summed E-state index contributed by atoms with van der Waals surface area (Å²) in [6, 6.07) is 7.87. The Morgan fingerprint density at radius 3 is 2.83 bits per heavy atom. The molecule has 1 aromatic rings. The van der Waals surface area contributed by atoms with E-state index in [0.29, 0.717) is 0 Å². The van der Waals surface area contributed by atoms with Gasteiger partial charge >= 0.3 is 0 Å². The second-order valence-corrected chi connectivity index (χ2v) is 4.94. The van der Waals surface area contributed by atoms with E-state index in [1.165, 1.54) is 0 Å². The van der Waals surface area contributed by atoms with Gasteiger partial charge in [-0.05, 0) is 25.0 Å². The van der Waals surface area contributed by atoms with Gasteiger partial charge in [-0.3, -0.25) is 4.79 Å². The Labute approximate surface area is 108 Å². The number of carbonyl (C=O) groups excluding carboxylic acids is 1. The van der Waals surface area contributed by atoms with Gasteiger partial charge in [-0.1, -0.05) is 18.2 Å². The zero-order chi connectivity index (χ0) is 13.1. The van der Waals surface area contributed by atoms with Gasteiger partial charge in [-0.15, -0.1) is 0 Å². The largest absolute Gasteiger partial charge is 0.480 e. The molecule has 2 N–H and O–H groups in total. The highest BCUT2D eigenvalue weighted by atomic mass is 16.5. The number of hydrogen-bond donors (Lipinski definition) is 1. The smallest absolute Gasteiger partial charge is 0.263 e. The van der Waals surface area contributed by atoms with Gasteiger partial charge in [0.05, 0.1) is 0 Å². The van der Waals surface area contributed by atoms with Crippen molar-refractivity contribution in [2.45, 2.75) is 31.9 Å². The maximum atomic E-state index is 11.8. The number of likely N-dealkylation sites (N-methyl/N-ethyl adjacent to an activating group) is 1. The molecule has 0 spiro atoms. The molecule has 1 aliphatic rings. The van der Waals surface area contributed by atoms with Gasteiger partial charge in [0.25, 0.3) is 5.91 Å². The van der Waals surface area contributed by atoms with Crippen molar-refractivity contribution >= 4 is 5.91 Å². The summed E-state index contributed by atoms with van der Waals surface area (Å²) < 4.78 is 5.84. The lowest BCUT2D eigenvalue weighted by Gasteiger charge is -2.16. The number of ether oxygens (including phenoxy) is 1. The number of likely N-dealkylation sites (tertiary alicyclic amines) is 1. The summed E-state index contributed by atoms with van der Waals surface area (Å²) >= 11 is 0. The van der Waals surface area contributed by atoms with Crippen molar-refractivity contribution in [1.82, 2.24) is 4.90 Å². The summed E-state index contributed by atoms with van der Waals surface area (Å²) in [4.78, 5) is 13.5. The van der Waals surface area contributed by atoms with Crippen LogP contribution < -0.4 is 10.5 Å². The summed E-state index contributed by atoms with van der Waals surface area (Å²) in [7, 11) is 1.81. The highest BCUT2D eigenvalue weighted by Crippen LogP contribution is 2.23. The van der Waals surface area contributed by atoms with Crippen molar-refractivity contribution in [2.75, 3.05) is 13.6 Å². The van der Waals surface area contributed by atoms with E-state index < -0.39 is 0 Å². The first kappa shape index (κ1) is 12.9. The number of para-hydroxylation sites is 1. The Kier molecular flexibility index (Phi) is 3.87. The lowest BCUT2D eigenvalue weighted by molar-refractivity contribution is -0.132. The molecule has 0 aromatic heterocycles. The average molecular weight is 248 g/mol. The minimum Gasteiger partial charge on any atom is -0.480 e. The minimum atomic E-state index is -0.343. The molecule has 2 rings (SSSR count). The summed E-state index contributed by atoms with van der Waals surface area (Å²) in [5.74, 6) is 0.842. The molecule has 98 valence electrons. The molecule has 1 aromatic carbocycles. The number of amides is 1. The third-order valence-corrected chi connectivity index (χ3v) is 3.16. The molecule has 4 nitrogen and oxygen atoms in total. The van der Waals surface area contributed by atoms with Crippen molar-refractivity contribution in [2.24, 2.45) is 5.73 Å². The number of carbonyl (C=O) groups is 1. The van der Waals surface area contributed by atoms with Crippen LogP contribution in [0.5, 0.6) is 5.75 Å². The highest BCUT2D eigenvalue weighted by molar-refractivity contribution is 5.83. The SMILES string of the molecule is CC(N)Cc1ccccc1OC1CCN(C)C1=O. The van der Waals surface area contributed by atoms with Crippen molar-refractivity contribution in [3.63, 3.8) is 0 Å². The Balaban J connectivity index is 2.11. The van der Waals surface area contributed by atoms with E-state index in [1.54, 1.807) is 11.9 Å². The Morgan fingerprint density at radius 1 is 1.50 bits per heavy atom. The average Bonchev–Trinajstić information content (AvgIpc) is 2.63. The van der Waals surface area contributed by atoms with Gasteiger partial charge in [0.15, 0.2) is 6.10 Å². The van der Waals surface area contributed by atoms with Crippen LogP contribution >= 0.6 is 0 Å². The van der Waals surface area contributed by atoms with E-state index in [-0.39, 0.29) is 18.1 Å². The van der Waals surface area contributed by atoms with Gasteiger partial charge in [0.1, 0.15) is 5.75 Å². The molecule has 2 unspecified atom stereocenters. The first-order valence-corrected chi connectivity index (χ1v) is 6.33. The lowest BCUT2D eigenvalue weighted by Crippen LogP contribution is -2.30. The highest BCUT2D eigenvalue weighted by Gasteiger charge is 2.31. The van der Waals surface area contributed by atoms with Gasteiger partial charge in [-0.25, -0.2) is 0 Å². The normalized spacial score (nSPS) is 21.2. The van der Waals surface area contributed by atoms with Gasteiger partial charge < -0.3 is 15.4 Å². The number of hydrogen-bond acceptors (Lipinski definition) is 3. The zero-order valence-electron chi connectivity index (χ0n) is 10.9. The molecule has 1 heterocycles. The van der Waals surface area contributed by atoms with E-state index in [9.17, 15) is 4.79 Å². The lowest BCUT2D eigenvalue weighted by atomic mass is 10.1. The molecule has 1 saturated heterocycles. The quantitative estimate of drug-likeness (QED) is 0.870. The molecule has 0 saturated carbocycles. The number of benzene rings is 1. The van der Waals surface area contributed by atoms with Crippen LogP contribution in [0.25, 0.3) is 0 Å². The van der Waals surface area contributed by atoms with Crippen LogP contribution in [-0.4, -0.2) is 36.5 Å². The standard InChI is InChI=1S/C14H20N2O2/c1-10(15)9-11-5-3-4-6-12(11)18-13-7-8-16(2)14(13)17/h3-6,10,13H,7-9,15H2,1-2H3.